The average Bonchev–Trinajstić information content (AvgIpc) is 2.87. The van der Waals surface area contributed by atoms with Crippen LogP contribution >= 0.6 is 11.8 Å². The molecule has 23 heavy (non-hydrogen) atoms. The standard InChI is InChI=1S/C17H23NO4S/c1-12-10-22-13(9-14(19)20)15(12)16(21)18-7-8-23-17(11-18)5-3-2-4-6-17/h10H,2-9,11H2,1H3,(H,19,20). The Morgan fingerprint density at radius 3 is 2.78 bits per heavy atom. The van der Waals surface area contributed by atoms with E-state index in [4.69, 9.17) is 9.52 Å². The molecule has 126 valence electrons. The van der Waals surface area contributed by atoms with Gasteiger partial charge in [0.2, 0.25) is 0 Å². The number of carboxylic acids is 1. The Bertz CT molecular complexity index is 598. The zero-order valence-corrected chi connectivity index (χ0v) is 14.3. The normalized spacial score (nSPS) is 20.7. The van der Waals surface area contributed by atoms with E-state index in [0.29, 0.717) is 5.56 Å². The zero-order valence-electron chi connectivity index (χ0n) is 13.5. The highest BCUT2D eigenvalue weighted by molar-refractivity contribution is 8.00. The summed E-state index contributed by atoms with van der Waals surface area (Å²) in [5.74, 6) is 0.178. The van der Waals surface area contributed by atoms with Gasteiger partial charge in [0, 0.05) is 29.2 Å². The fourth-order valence-electron chi connectivity index (χ4n) is 3.73. The molecule has 1 aliphatic heterocycles. The third kappa shape index (κ3) is 3.42. The minimum Gasteiger partial charge on any atom is -0.481 e. The molecule has 1 aromatic rings. The van der Waals surface area contributed by atoms with Crippen LogP contribution in [-0.2, 0) is 11.2 Å². The van der Waals surface area contributed by atoms with Crippen molar-refractivity contribution in [3.05, 3.63) is 23.2 Å². The molecule has 1 aromatic heterocycles. The van der Waals surface area contributed by atoms with Gasteiger partial charge in [-0.15, -0.1) is 0 Å². The van der Waals surface area contributed by atoms with Gasteiger partial charge >= 0.3 is 5.97 Å². The first-order valence-electron chi connectivity index (χ1n) is 8.23. The molecule has 1 N–H and O–H groups in total. The number of nitrogens with zero attached hydrogens (tertiary/aromatic N) is 1. The van der Waals surface area contributed by atoms with E-state index in [0.717, 1.165) is 24.4 Å². The number of hydrogen-bond donors (Lipinski definition) is 1. The van der Waals surface area contributed by atoms with Crippen LogP contribution in [0.25, 0.3) is 0 Å². The molecule has 0 atom stereocenters. The maximum atomic E-state index is 13.0. The predicted octanol–water partition coefficient (Wildman–Crippen LogP) is 3.11. The lowest BCUT2D eigenvalue weighted by atomic mass is 9.87. The van der Waals surface area contributed by atoms with E-state index in [1.807, 2.05) is 16.7 Å². The van der Waals surface area contributed by atoms with E-state index in [1.54, 1.807) is 6.92 Å². The van der Waals surface area contributed by atoms with Gasteiger partial charge in [-0.05, 0) is 19.8 Å². The lowest BCUT2D eigenvalue weighted by Crippen LogP contribution is -2.50. The summed E-state index contributed by atoms with van der Waals surface area (Å²) in [5, 5.41) is 9.00. The van der Waals surface area contributed by atoms with Gasteiger partial charge in [0.25, 0.3) is 5.91 Å². The van der Waals surface area contributed by atoms with Gasteiger partial charge in [0.15, 0.2) is 0 Å². The molecule has 6 heteroatoms. The highest BCUT2D eigenvalue weighted by atomic mass is 32.2. The Morgan fingerprint density at radius 1 is 1.35 bits per heavy atom. The van der Waals surface area contributed by atoms with Crippen LogP contribution < -0.4 is 0 Å². The summed E-state index contributed by atoms with van der Waals surface area (Å²) in [5.41, 5.74) is 1.17. The summed E-state index contributed by atoms with van der Waals surface area (Å²) < 4.78 is 5.53. The summed E-state index contributed by atoms with van der Waals surface area (Å²) in [6.45, 7) is 3.30. The number of carbonyl (C=O) groups excluding carboxylic acids is 1. The molecule has 1 spiro atoms. The van der Waals surface area contributed by atoms with Crippen molar-refractivity contribution in [1.29, 1.82) is 0 Å². The van der Waals surface area contributed by atoms with Crippen molar-refractivity contribution in [2.75, 3.05) is 18.8 Å². The molecular weight excluding hydrogens is 314 g/mol. The molecule has 0 radical (unpaired) electrons. The second-order valence-corrected chi connectivity index (χ2v) is 8.17. The second-order valence-electron chi connectivity index (χ2n) is 6.61. The molecule has 2 heterocycles. The van der Waals surface area contributed by atoms with Gasteiger partial charge < -0.3 is 14.4 Å². The van der Waals surface area contributed by atoms with Crippen LogP contribution in [0, 0.1) is 6.92 Å². The minimum absolute atomic E-state index is 0.0715. The van der Waals surface area contributed by atoms with Crippen LogP contribution in [0.1, 0.15) is 53.8 Å². The number of aliphatic carboxylic acids is 1. The SMILES string of the molecule is Cc1coc(CC(=O)O)c1C(=O)N1CCSC2(CCCCC2)C1. The lowest BCUT2D eigenvalue weighted by Gasteiger charge is -2.44. The summed E-state index contributed by atoms with van der Waals surface area (Å²) in [6.07, 6.45) is 7.36. The lowest BCUT2D eigenvalue weighted by molar-refractivity contribution is -0.136. The molecular formula is C17H23NO4S. The Kier molecular flexibility index (Phi) is 4.71. The Morgan fingerprint density at radius 2 is 2.09 bits per heavy atom. The Balaban J connectivity index is 1.80. The molecule has 0 unspecified atom stereocenters. The Hall–Kier alpha value is -1.43. The van der Waals surface area contributed by atoms with Crippen molar-refractivity contribution in [2.45, 2.75) is 50.2 Å². The van der Waals surface area contributed by atoms with E-state index >= 15 is 0 Å². The molecule has 0 aromatic carbocycles. The van der Waals surface area contributed by atoms with E-state index in [9.17, 15) is 9.59 Å². The number of carboxylic acid groups (broad SMARTS) is 1. The number of rotatable bonds is 3. The molecule has 5 nitrogen and oxygen atoms in total. The number of hydrogen-bond acceptors (Lipinski definition) is 4. The highest BCUT2D eigenvalue weighted by Gasteiger charge is 2.39. The fraction of sp³-hybridized carbons (Fsp3) is 0.647. The van der Waals surface area contributed by atoms with Crippen molar-refractivity contribution >= 4 is 23.6 Å². The molecule has 3 rings (SSSR count). The summed E-state index contributed by atoms with van der Waals surface area (Å²) >= 11 is 2.01. The highest BCUT2D eigenvalue weighted by Crippen LogP contribution is 2.43. The molecule has 1 aliphatic carbocycles. The monoisotopic (exact) mass is 337 g/mol. The van der Waals surface area contributed by atoms with E-state index in [-0.39, 0.29) is 22.8 Å². The van der Waals surface area contributed by atoms with Crippen LogP contribution in [0.2, 0.25) is 0 Å². The van der Waals surface area contributed by atoms with Crippen LogP contribution in [0.3, 0.4) is 0 Å². The number of thioether (sulfide) groups is 1. The van der Waals surface area contributed by atoms with Crippen LogP contribution in [0.4, 0.5) is 0 Å². The fourth-order valence-corrected chi connectivity index (χ4v) is 5.30. The molecule has 1 amide bonds. The van der Waals surface area contributed by atoms with Gasteiger partial charge in [-0.3, -0.25) is 9.59 Å². The number of amides is 1. The van der Waals surface area contributed by atoms with Gasteiger partial charge in [0.05, 0.1) is 11.8 Å². The van der Waals surface area contributed by atoms with Crippen molar-refractivity contribution in [1.82, 2.24) is 4.90 Å². The average molecular weight is 337 g/mol. The summed E-state index contributed by atoms with van der Waals surface area (Å²) in [4.78, 5) is 25.9. The second kappa shape index (κ2) is 6.59. The van der Waals surface area contributed by atoms with E-state index in [2.05, 4.69) is 0 Å². The van der Waals surface area contributed by atoms with Crippen molar-refractivity contribution in [3.8, 4) is 0 Å². The first kappa shape index (κ1) is 16.4. The predicted molar refractivity (Wildman–Crippen MR) is 89.0 cm³/mol. The minimum atomic E-state index is -0.980. The van der Waals surface area contributed by atoms with E-state index < -0.39 is 5.97 Å². The van der Waals surface area contributed by atoms with Crippen LogP contribution in [0.5, 0.6) is 0 Å². The number of furan rings is 1. The third-order valence-corrected chi connectivity index (χ3v) is 6.41. The summed E-state index contributed by atoms with van der Waals surface area (Å²) in [7, 11) is 0. The van der Waals surface area contributed by atoms with Crippen molar-refractivity contribution < 1.29 is 19.1 Å². The van der Waals surface area contributed by atoms with Gasteiger partial charge in [-0.2, -0.15) is 11.8 Å². The molecule has 1 saturated heterocycles. The number of aryl methyl sites for hydroxylation is 1. The quantitative estimate of drug-likeness (QED) is 0.917. The molecule has 2 fully saturated rings. The Labute approximate surface area is 140 Å². The molecule has 2 aliphatic rings. The zero-order chi connectivity index (χ0) is 16.4. The van der Waals surface area contributed by atoms with Crippen molar-refractivity contribution in [3.63, 3.8) is 0 Å². The maximum Gasteiger partial charge on any atom is 0.311 e. The number of carbonyl (C=O) groups is 2. The first-order chi connectivity index (χ1) is 11.0. The van der Waals surface area contributed by atoms with Gasteiger partial charge in [-0.1, -0.05) is 19.3 Å². The largest absolute Gasteiger partial charge is 0.481 e. The van der Waals surface area contributed by atoms with Crippen LogP contribution in [-0.4, -0.2) is 45.5 Å². The summed E-state index contributed by atoms with van der Waals surface area (Å²) in [6, 6.07) is 0. The van der Waals surface area contributed by atoms with Gasteiger partial charge in [-0.25, -0.2) is 0 Å². The first-order valence-corrected chi connectivity index (χ1v) is 9.21. The molecule has 0 bridgehead atoms. The topological polar surface area (TPSA) is 70.7 Å². The van der Waals surface area contributed by atoms with Crippen molar-refractivity contribution in [2.24, 2.45) is 0 Å². The van der Waals surface area contributed by atoms with E-state index in [1.165, 1.54) is 38.4 Å². The smallest absolute Gasteiger partial charge is 0.311 e. The molecule has 1 saturated carbocycles. The van der Waals surface area contributed by atoms with Crippen LogP contribution in [0.15, 0.2) is 10.7 Å². The third-order valence-electron chi connectivity index (χ3n) is 4.88. The van der Waals surface area contributed by atoms with Gasteiger partial charge in [0.1, 0.15) is 12.2 Å². The maximum absolute atomic E-state index is 13.0.